The third kappa shape index (κ3) is 2.95. The minimum Gasteiger partial charge on any atom is -0.497 e. The van der Waals surface area contributed by atoms with Gasteiger partial charge in [-0.15, -0.1) is 0 Å². The molecule has 154 valence electrons. The van der Waals surface area contributed by atoms with Gasteiger partial charge in [-0.05, 0) is 41.1 Å². The molecule has 0 saturated heterocycles. The number of fused-ring (bicyclic) bond motifs is 4. The van der Waals surface area contributed by atoms with Crippen LogP contribution in [-0.4, -0.2) is 22.8 Å². The Morgan fingerprint density at radius 3 is 2.58 bits per heavy atom. The van der Waals surface area contributed by atoms with Gasteiger partial charge in [0.1, 0.15) is 17.1 Å². The van der Waals surface area contributed by atoms with Crippen molar-refractivity contribution < 1.29 is 19.1 Å². The van der Waals surface area contributed by atoms with Crippen molar-refractivity contribution >= 4 is 38.6 Å². The summed E-state index contributed by atoms with van der Waals surface area (Å²) in [6.07, 6.45) is -0.309. The van der Waals surface area contributed by atoms with Crippen LogP contribution in [0.15, 0.2) is 69.9 Å². The normalized spacial score (nSPS) is 11.4. The van der Waals surface area contributed by atoms with Crippen molar-refractivity contribution in [3.05, 3.63) is 76.6 Å². The molecule has 0 unspecified atom stereocenters. The van der Waals surface area contributed by atoms with E-state index in [9.17, 15) is 14.7 Å². The Hall–Kier alpha value is -4.06. The molecule has 0 aliphatic carbocycles. The zero-order valence-corrected chi connectivity index (χ0v) is 17.0. The van der Waals surface area contributed by atoms with Gasteiger partial charge in [0.05, 0.1) is 24.4 Å². The number of benzene rings is 3. The number of aryl methyl sites for hydroxylation is 1. The highest BCUT2D eigenvalue weighted by Gasteiger charge is 2.24. The first-order valence-corrected chi connectivity index (χ1v) is 9.81. The van der Waals surface area contributed by atoms with Crippen LogP contribution in [0.1, 0.15) is 5.56 Å². The van der Waals surface area contributed by atoms with E-state index >= 15 is 0 Å². The summed E-state index contributed by atoms with van der Waals surface area (Å²) >= 11 is 0. The Kier molecular flexibility index (Phi) is 4.29. The summed E-state index contributed by atoms with van der Waals surface area (Å²) in [6, 6.07) is 18.9. The average molecular weight is 413 g/mol. The largest absolute Gasteiger partial charge is 0.497 e. The van der Waals surface area contributed by atoms with E-state index < -0.39 is 5.97 Å². The zero-order chi connectivity index (χ0) is 21.7. The van der Waals surface area contributed by atoms with Gasteiger partial charge in [-0.2, -0.15) is 0 Å². The van der Waals surface area contributed by atoms with Crippen molar-refractivity contribution in [2.24, 2.45) is 7.05 Å². The van der Waals surface area contributed by atoms with Gasteiger partial charge in [0.2, 0.25) is 0 Å². The second kappa shape index (κ2) is 7.02. The maximum Gasteiger partial charge on any atom is 0.307 e. The highest BCUT2D eigenvalue weighted by atomic mass is 16.5. The molecule has 0 saturated carbocycles. The predicted molar refractivity (Wildman–Crippen MR) is 120 cm³/mol. The Morgan fingerprint density at radius 2 is 1.81 bits per heavy atom. The summed E-state index contributed by atoms with van der Waals surface area (Å²) in [5, 5.41) is 12.6. The van der Waals surface area contributed by atoms with Crippen molar-refractivity contribution in [1.29, 1.82) is 0 Å². The number of hydrogen-bond acceptors (Lipinski definition) is 4. The highest BCUT2D eigenvalue weighted by molar-refractivity contribution is 6.06. The van der Waals surface area contributed by atoms with Gasteiger partial charge in [0.25, 0.3) is 5.56 Å². The van der Waals surface area contributed by atoms with E-state index in [-0.39, 0.29) is 12.0 Å². The quantitative estimate of drug-likeness (QED) is 0.460. The number of carboxylic acids is 1. The molecule has 0 fully saturated rings. The Morgan fingerprint density at radius 1 is 1.06 bits per heavy atom. The fourth-order valence-electron chi connectivity index (χ4n) is 4.16. The maximum absolute atomic E-state index is 13.2. The van der Waals surface area contributed by atoms with Gasteiger partial charge in [-0.1, -0.05) is 30.3 Å². The van der Waals surface area contributed by atoms with Crippen LogP contribution in [0.5, 0.6) is 5.75 Å². The summed E-state index contributed by atoms with van der Waals surface area (Å²) in [4.78, 5) is 24.8. The molecule has 2 aromatic heterocycles. The lowest BCUT2D eigenvalue weighted by Crippen LogP contribution is -2.18. The number of methoxy groups -OCH3 is 1. The molecule has 31 heavy (non-hydrogen) atoms. The van der Waals surface area contributed by atoms with Gasteiger partial charge in [-0.25, -0.2) is 0 Å². The Balaban J connectivity index is 1.85. The molecule has 0 spiro atoms. The van der Waals surface area contributed by atoms with Crippen LogP contribution in [-0.2, 0) is 18.3 Å². The number of pyridine rings is 1. The molecule has 1 N–H and O–H groups in total. The van der Waals surface area contributed by atoms with E-state index in [4.69, 9.17) is 9.15 Å². The molecule has 0 atom stereocenters. The van der Waals surface area contributed by atoms with Crippen molar-refractivity contribution in [3.8, 4) is 17.1 Å². The standard InChI is InChI=1S/C25H19NO5/c1-26-20-6-4-3-5-18(20)24-22(25(26)29)19(13-21(27)28)23(31-24)16-8-7-15-12-17(30-2)10-9-14(15)11-16/h3-12H,13H2,1-2H3,(H,27,28). The number of aromatic nitrogens is 1. The van der Waals surface area contributed by atoms with Crippen molar-refractivity contribution in [3.63, 3.8) is 0 Å². The van der Waals surface area contributed by atoms with Crippen LogP contribution in [0.2, 0.25) is 0 Å². The van der Waals surface area contributed by atoms with Crippen LogP contribution in [0.3, 0.4) is 0 Å². The first-order valence-electron chi connectivity index (χ1n) is 9.81. The molecule has 0 aliphatic rings. The van der Waals surface area contributed by atoms with E-state index in [1.807, 2.05) is 60.7 Å². The highest BCUT2D eigenvalue weighted by Crippen LogP contribution is 2.37. The fourth-order valence-corrected chi connectivity index (χ4v) is 4.16. The second-order valence-electron chi connectivity index (χ2n) is 7.49. The average Bonchev–Trinajstić information content (AvgIpc) is 3.15. The van der Waals surface area contributed by atoms with Crippen molar-refractivity contribution in [1.82, 2.24) is 4.57 Å². The minimum atomic E-state index is -1.02. The molecule has 0 bridgehead atoms. The zero-order valence-electron chi connectivity index (χ0n) is 17.0. The fraction of sp³-hybridized carbons (Fsp3) is 0.120. The molecule has 6 heteroatoms. The third-order valence-corrected chi connectivity index (χ3v) is 5.67. The number of furan rings is 1. The molecular formula is C25H19NO5. The molecular weight excluding hydrogens is 394 g/mol. The van der Waals surface area contributed by atoms with E-state index in [0.29, 0.717) is 22.3 Å². The lowest BCUT2D eigenvalue weighted by Gasteiger charge is -2.06. The summed E-state index contributed by atoms with van der Waals surface area (Å²) in [7, 11) is 3.30. The number of carboxylic acid groups (broad SMARTS) is 1. The van der Waals surface area contributed by atoms with E-state index in [0.717, 1.165) is 33.0 Å². The van der Waals surface area contributed by atoms with Crippen LogP contribution in [0, 0.1) is 0 Å². The van der Waals surface area contributed by atoms with Crippen molar-refractivity contribution in [2.45, 2.75) is 6.42 Å². The number of para-hydroxylation sites is 1. The molecule has 0 aliphatic heterocycles. The lowest BCUT2D eigenvalue weighted by molar-refractivity contribution is -0.136. The van der Waals surface area contributed by atoms with Gasteiger partial charge in [0.15, 0.2) is 0 Å². The SMILES string of the molecule is COc1ccc2cc(-c3oc4c(c3CC(=O)O)c(=O)n(C)c3ccccc43)ccc2c1. The smallest absolute Gasteiger partial charge is 0.307 e. The molecule has 2 heterocycles. The van der Waals surface area contributed by atoms with E-state index in [2.05, 4.69) is 0 Å². The van der Waals surface area contributed by atoms with Crippen molar-refractivity contribution in [2.75, 3.05) is 7.11 Å². The molecule has 6 nitrogen and oxygen atoms in total. The number of aliphatic carboxylic acids is 1. The van der Waals surface area contributed by atoms with Crippen LogP contribution >= 0.6 is 0 Å². The molecule has 3 aromatic carbocycles. The van der Waals surface area contributed by atoms with Gasteiger partial charge in [-0.3, -0.25) is 9.59 Å². The Bertz CT molecular complexity index is 1560. The van der Waals surface area contributed by atoms with Gasteiger partial charge >= 0.3 is 5.97 Å². The number of rotatable bonds is 4. The molecule has 0 amide bonds. The first kappa shape index (κ1) is 18.9. The monoisotopic (exact) mass is 413 g/mol. The third-order valence-electron chi connectivity index (χ3n) is 5.67. The summed E-state index contributed by atoms with van der Waals surface area (Å²) in [5.41, 5.74) is 1.98. The summed E-state index contributed by atoms with van der Waals surface area (Å²) < 4.78 is 13.0. The maximum atomic E-state index is 13.2. The number of carbonyl (C=O) groups is 1. The second-order valence-corrected chi connectivity index (χ2v) is 7.49. The van der Waals surface area contributed by atoms with Crippen LogP contribution in [0.25, 0.3) is 44.0 Å². The molecule has 5 aromatic rings. The summed E-state index contributed by atoms with van der Waals surface area (Å²) in [5.74, 6) is 0.138. The van der Waals surface area contributed by atoms with Crippen LogP contribution in [0.4, 0.5) is 0 Å². The topological polar surface area (TPSA) is 81.7 Å². The number of nitrogens with zero attached hydrogens (tertiary/aromatic N) is 1. The molecule has 0 radical (unpaired) electrons. The Labute approximate surface area is 176 Å². The molecule has 5 rings (SSSR count). The van der Waals surface area contributed by atoms with Gasteiger partial charge < -0.3 is 18.8 Å². The number of hydrogen-bond donors (Lipinski definition) is 1. The number of ether oxygens (including phenoxy) is 1. The summed E-state index contributed by atoms with van der Waals surface area (Å²) in [6.45, 7) is 0. The minimum absolute atomic E-state index is 0.273. The van der Waals surface area contributed by atoms with Crippen LogP contribution < -0.4 is 10.3 Å². The first-order chi connectivity index (χ1) is 15.0. The van der Waals surface area contributed by atoms with E-state index in [1.54, 1.807) is 14.2 Å². The predicted octanol–water partition coefficient (Wildman–Crippen LogP) is 4.74. The van der Waals surface area contributed by atoms with Gasteiger partial charge in [0, 0.05) is 23.6 Å². The van der Waals surface area contributed by atoms with E-state index in [1.165, 1.54) is 4.57 Å². The lowest BCUT2D eigenvalue weighted by atomic mass is 10.00.